The number of fused-ring (bicyclic) bond motifs is 1. The van der Waals surface area contributed by atoms with Crippen molar-refractivity contribution < 1.29 is 18.9 Å². The molecule has 0 radical (unpaired) electrons. The van der Waals surface area contributed by atoms with Crippen molar-refractivity contribution in [2.75, 3.05) is 20.5 Å². The van der Waals surface area contributed by atoms with Gasteiger partial charge in [-0.3, -0.25) is 0 Å². The van der Waals surface area contributed by atoms with Crippen molar-refractivity contribution in [2.24, 2.45) is 0 Å². The molecule has 0 amide bonds. The van der Waals surface area contributed by atoms with Gasteiger partial charge in [0.05, 0.1) is 7.11 Å². The minimum atomic E-state index is 0.251. The van der Waals surface area contributed by atoms with E-state index in [4.69, 9.17) is 18.9 Å². The predicted molar refractivity (Wildman–Crippen MR) is 94.0 cm³/mol. The Morgan fingerprint density at radius 2 is 1.88 bits per heavy atom. The Kier molecular flexibility index (Phi) is 5.06. The molecule has 0 unspecified atom stereocenters. The minimum Gasteiger partial charge on any atom is -0.497 e. The fraction of sp³-hybridized carbons (Fsp3) is 0.200. The summed E-state index contributed by atoms with van der Waals surface area (Å²) in [6.45, 7) is 4.39. The topological polar surface area (TPSA) is 36.9 Å². The van der Waals surface area contributed by atoms with Crippen LogP contribution in [0.5, 0.6) is 23.0 Å². The lowest BCUT2D eigenvalue weighted by molar-refractivity contribution is 0.174. The molecule has 0 N–H and O–H groups in total. The molecule has 0 fully saturated rings. The first-order valence-corrected chi connectivity index (χ1v) is 7.77. The second-order valence-corrected chi connectivity index (χ2v) is 5.29. The molecule has 0 aromatic heterocycles. The van der Waals surface area contributed by atoms with E-state index in [2.05, 4.69) is 18.7 Å². The monoisotopic (exact) mass is 324 g/mol. The molecule has 0 bridgehead atoms. The van der Waals surface area contributed by atoms with Gasteiger partial charge in [-0.15, -0.1) is 0 Å². The number of ether oxygens (including phenoxy) is 4. The summed E-state index contributed by atoms with van der Waals surface area (Å²) >= 11 is 0. The molecule has 1 heterocycles. The van der Waals surface area contributed by atoms with Gasteiger partial charge in [0.25, 0.3) is 0 Å². The number of hydrogen-bond donors (Lipinski definition) is 0. The van der Waals surface area contributed by atoms with E-state index in [0.717, 1.165) is 40.5 Å². The zero-order valence-electron chi connectivity index (χ0n) is 13.7. The van der Waals surface area contributed by atoms with E-state index in [1.54, 1.807) is 13.2 Å². The van der Waals surface area contributed by atoms with E-state index in [1.807, 2.05) is 36.4 Å². The third-order valence-electron chi connectivity index (χ3n) is 3.68. The summed E-state index contributed by atoms with van der Waals surface area (Å²) in [5.41, 5.74) is 2.16. The molecule has 2 aromatic carbocycles. The third-order valence-corrected chi connectivity index (χ3v) is 3.68. The van der Waals surface area contributed by atoms with Crippen LogP contribution >= 0.6 is 0 Å². The van der Waals surface area contributed by atoms with E-state index in [0.29, 0.717) is 6.61 Å². The van der Waals surface area contributed by atoms with Gasteiger partial charge in [0, 0.05) is 11.6 Å². The lowest BCUT2D eigenvalue weighted by Crippen LogP contribution is -1.97. The van der Waals surface area contributed by atoms with Crippen LogP contribution in [0.15, 0.2) is 55.1 Å². The molecule has 1 aliphatic rings. The largest absolute Gasteiger partial charge is 0.497 e. The summed E-state index contributed by atoms with van der Waals surface area (Å²) in [6.07, 6.45) is 6.62. The van der Waals surface area contributed by atoms with Gasteiger partial charge in [-0.1, -0.05) is 36.9 Å². The van der Waals surface area contributed by atoms with Gasteiger partial charge in [-0.25, -0.2) is 0 Å². The Balaban J connectivity index is 1.75. The highest BCUT2D eigenvalue weighted by Gasteiger charge is 2.17. The van der Waals surface area contributed by atoms with E-state index >= 15 is 0 Å². The fourth-order valence-corrected chi connectivity index (χ4v) is 2.45. The van der Waals surface area contributed by atoms with Crippen molar-refractivity contribution in [3.8, 4) is 23.0 Å². The number of rotatable bonds is 7. The SMILES string of the molecule is C=CCOc1cc2c(cc1C/C=C/c1ccc(OC)cc1)OCO2. The number of benzene rings is 2. The first kappa shape index (κ1) is 16.0. The Bertz CT molecular complexity index is 732. The smallest absolute Gasteiger partial charge is 0.231 e. The van der Waals surface area contributed by atoms with Crippen LogP contribution in [-0.2, 0) is 6.42 Å². The highest BCUT2D eigenvalue weighted by atomic mass is 16.7. The zero-order chi connectivity index (χ0) is 16.8. The minimum absolute atomic E-state index is 0.251. The lowest BCUT2D eigenvalue weighted by Gasteiger charge is -2.10. The molecule has 0 saturated heterocycles. The van der Waals surface area contributed by atoms with E-state index in [-0.39, 0.29) is 6.79 Å². The molecule has 2 aromatic rings. The van der Waals surface area contributed by atoms with E-state index < -0.39 is 0 Å². The van der Waals surface area contributed by atoms with E-state index in [1.165, 1.54) is 0 Å². The van der Waals surface area contributed by atoms with Gasteiger partial charge in [0.1, 0.15) is 18.1 Å². The van der Waals surface area contributed by atoms with Crippen molar-refractivity contribution >= 4 is 6.08 Å². The quantitative estimate of drug-likeness (QED) is 0.714. The lowest BCUT2D eigenvalue weighted by atomic mass is 10.1. The maximum absolute atomic E-state index is 5.74. The summed E-state index contributed by atoms with van der Waals surface area (Å²) in [5.74, 6) is 3.12. The normalized spacial score (nSPS) is 12.4. The van der Waals surface area contributed by atoms with Gasteiger partial charge >= 0.3 is 0 Å². The van der Waals surface area contributed by atoms with Crippen LogP contribution in [-0.4, -0.2) is 20.5 Å². The van der Waals surface area contributed by atoms with Crippen LogP contribution in [0, 0.1) is 0 Å². The summed E-state index contributed by atoms with van der Waals surface area (Å²) in [5, 5.41) is 0. The van der Waals surface area contributed by atoms with Crippen molar-refractivity contribution in [3.63, 3.8) is 0 Å². The van der Waals surface area contributed by atoms with Gasteiger partial charge in [-0.2, -0.15) is 0 Å². The van der Waals surface area contributed by atoms with Crippen LogP contribution in [0.25, 0.3) is 6.08 Å². The Hall–Kier alpha value is -2.88. The average Bonchev–Trinajstić information content (AvgIpc) is 3.07. The summed E-state index contributed by atoms with van der Waals surface area (Å²) in [7, 11) is 1.66. The Morgan fingerprint density at radius 3 is 2.58 bits per heavy atom. The van der Waals surface area contributed by atoms with Gasteiger partial charge in [-0.05, 0) is 30.2 Å². The molecule has 0 atom stereocenters. The molecule has 1 aliphatic heterocycles. The molecule has 0 aliphatic carbocycles. The summed E-state index contributed by atoms with van der Waals surface area (Å²) in [6, 6.07) is 11.8. The first-order chi connectivity index (χ1) is 11.8. The number of allylic oxidation sites excluding steroid dienone is 1. The zero-order valence-corrected chi connectivity index (χ0v) is 13.7. The van der Waals surface area contributed by atoms with Crippen LogP contribution in [0.4, 0.5) is 0 Å². The maximum atomic E-state index is 5.74. The Morgan fingerprint density at radius 1 is 1.12 bits per heavy atom. The fourth-order valence-electron chi connectivity index (χ4n) is 2.45. The maximum Gasteiger partial charge on any atom is 0.231 e. The Labute approximate surface area is 141 Å². The molecule has 4 nitrogen and oxygen atoms in total. The first-order valence-electron chi connectivity index (χ1n) is 7.77. The molecule has 4 heteroatoms. The van der Waals surface area contributed by atoms with Crippen molar-refractivity contribution in [1.82, 2.24) is 0 Å². The molecule has 124 valence electrons. The van der Waals surface area contributed by atoms with Crippen LogP contribution < -0.4 is 18.9 Å². The second-order valence-electron chi connectivity index (χ2n) is 5.29. The van der Waals surface area contributed by atoms with Gasteiger partial charge in [0.2, 0.25) is 6.79 Å². The van der Waals surface area contributed by atoms with Gasteiger partial charge < -0.3 is 18.9 Å². The number of methoxy groups -OCH3 is 1. The third kappa shape index (κ3) is 3.71. The highest BCUT2D eigenvalue weighted by Crippen LogP contribution is 2.38. The summed E-state index contributed by atoms with van der Waals surface area (Å²) in [4.78, 5) is 0. The average molecular weight is 324 g/mol. The molecule has 3 rings (SSSR count). The molecular weight excluding hydrogens is 304 g/mol. The highest BCUT2D eigenvalue weighted by molar-refractivity contribution is 5.55. The molecule has 24 heavy (non-hydrogen) atoms. The van der Waals surface area contributed by atoms with Crippen molar-refractivity contribution in [2.45, 2.75) is 6.42 Å². The van der Waals surface area contributed by atoms with E-state index in [9.17, 15) is 0 Å². The van der Waals surface area contributed by atoms with Crippen molar-refractivity contribution in [3.05, 3.63) is 66.3 Å². The van der Waals surface area contributed by atoms with Crippen LogP contribution in [0.3, 0.4) is 0 Å². The van der Waals surface area contributed by atoms with Crippen molar-refractivity contribution in [1.29, 1.82) is 0 Å². The van der Waals surface area contributed by atoms with Crippen LogP contribution in [0.2, 0.25) is 0 Å². The second kappa shape index (κ2) is 7.59. The van der Waals surface area contributed by atoms with Gasteiger partial charge in [0.15, 0.2) is 11.5 Å². The molecule has 0 spiro atoms. The molecular formula is C20H20O4. The van der Waals surface area contributed by atoms with Crippen LogP contribution in [0.1, 0.15) is 11.1 Å². The standard InChI is InChI=1S/C20H20O4/c1-3-11-22-18-13-20-19(23-14-24-20)12-16(18)6-4-5-15-7-9-17(21-2)10-8-15/h3-5,7-10,12-13H,1,6,11,14H2,2H3/b5-4+. The predicted octanol–water partition coefficient (Wildman–Crippen LogP) is 4.24. The summed E-state index contributed by atoms with van der Waals surface area (Å²) < 4.78 is 21.8. The molecule has 0 saturated carbocycles. The number of hydrogen-bond acceptors (Lipinski definition) is 4.